The van der Waals surface area contributed by atoms with Crippen molar-refractivity contribution in [3.8, 4) is 11.5 Å². The number of amides is 1. The number of hydrogen-bond donors (Lipinski definition) is 1. The lowest BCUT2D eigenvalue weighted by molar-refractivity contribution is 0.0935. The van der Waals surface area contributed by atoms with Crippen molar-refractivity contribution in [2.45, 2.75) is 27.3 Å². The zero-order chi connectivity index (χ0) is 17.1. The molecule has 0 saturated carbocycles. The second kappa shape index (κ2) is 6.95. The fourth-order valence-corrected chi connectivity index (χ4v) is 2.83. The van der Waals surface area contributed by atoms with Gasteiger partial charge in [-0.2, -0.15) is 5.10 Å². The molecule has 1 aliphatic heterocycles. The number of aromatic nitrogens is 2. The second-order valence-electron chi connectivity index (χ2n) is 6.25. The van der Waals surface area contributed by atoms with Crippen molar-refractivity contribution in [2.75, 3.05) is 19.8 Å². The summed E-state index contributed by atoms with van der Waals surface area (Å²) in [6, 6.07) is 7.44. The SMILES string of the molecule is Cc1cc(C)n(C[C@H](C)CNC(=O)c2cccc3c2OCCO3)n1. The first-order valence-corrected chi connectivity index (χ1v) is 8.22. The van der Waals surface area contributed by atoms with E-state index in [1.54, 1.807) is 6.07 Å². The molecule has 0 bridgehead atoms. The second-order valence-corrected chi connectivity index (χ2v) is 6.25. The highest BCUT2D eigenvalue weighted by atomic mass is 16.6. The Bertz CT molecular complexity index is 739. The Morgan fingerprint density at radius 2 is 2.12 bits per heavy atom. The highest BCUT2D eigenvalue weighted by molar-refractivity contribution is 5.97. The molecule has 1 amide bonds. The van der Waals surface area contributed by atoms with Gasteiger partial charge in [0.1, 0.15) is 13.2 Å². The average Bonchev–Trinajstić information content (AvgIpc) is 2.89. The zero-order valence-electron chi connectivity index (χ0n) is 14.3. The van der Waals surface area contributed by atoms with Crippen molar-refractivity contribution in [2.24, 2.45) is 5.92 Å². The number of nitrogens with one attached hydrogen (secondary N) is 1. The van der Waals surface area contributed by atoms with Crippen LogP contribution in [0, 0.1) is 19.8 Å². The molecular formula is C18H23N3O3. The summed E-state index contributed by atoms with van der Waals surface area (Å²) in [5, 5.41) is 7.44. The molecule has 1 aromatic carbocycles. The number of carbonyl (C=O) groups excluding carboxylic acids is 1. The predicted molar refractivity (Wildman–Crippen MR) is 90.6 cm³/mol. The Labute approximate surface area is 141 Å². The minimum atomic E-state index is -0.141. The molecule has 0 spiro atoms. The third-order valence-corrected chi connectivity index (χ3v) is 4.01. The molecule has 1 atom stereocenters. The molecule has 1 aromatic heterocycles. The first-order chi connectivity index (χ1) is 11.5. The quantitative estimate of drug-likeness (QED) is 0.914. The van der Waals surface area contributed by atoms with E-state index in [0.29, 0.717) is 36.8 Å². The molecular weight excluding hydrogens is 306 g/mol. The molecule has 1 aliphatic rings. The largest absolute Gasteiger partial charge is 0.486 e. The van der Waals surface area contributed by atoms with Crippen molar-refractivity contribution >= 4 is 5.91 Å². The molecule has 128 valence electrons. The van der Waals surface area contributed by atoms with Crippen LogP contribution >= 0.6 is 0 Å². The summed E-state index contributed by atoms with van der Waals surface area (Å²) in [7, 11) is 0. The maximum atomic E-state index is 12.5. The van der Waals surface area contributed by atoms with E-state index in [9.17, 15) is 4.79 Å². The van der Waals surface area contributed by atoms with Crippen LogP contribution in [-0.2, 0) is 6.54 Å². The van der Waals surface area contributed by atoms with Gasteiger partial charge in [-0.25, -0.2) is 0 Å². The lowest BCUT2D eigenvalue weighted by atomic mass is 10.1. The lowest BCUT2D eigenvalue weighted by Gasteiger charge is -2.21. The number of carbonyl (C=O) groups is 1. The lowest BCUT2D eigenvalue weighted by Crippen LogP contribution is -2.31. The Morgan fingerprint density at radius 1 is 1.33 bits per heavy atom. The van der Waals surface area contributed by atoms with Gasteiger partial charge in [0, 0.05) is 18.8 Å². The van der Waals surface area contributed by atoms with Crippen LogP contribution in [0.25, 0.3) is 0 Å². The molecule has 1 N–H and O–H groups in total. The standard InChI is InChI=1S/C18H23N3O3/c1-12(11-21-14(3)9-13(2)20-21)10-19-18(22)15-5-4-6-16-17(15)24-8-7-23-16/h4-6,9,12H,7-8,10-11H2,1-3H3,(H,19,22)/t12-/m1/s1. The van der Waals surface area contributed by atoms with E-state index in [-0.39, 0.29) is 11.8 Å². The van der Waals surface area contributed by atoms with E-state index in [1.165, 1.54) is 0 Å². The summed E-state index contributed by atoms with van der Waals surface area (Å²) in [4.78, 5) is 12.5. The fraction of sp³-hybridized carbons (Fsp3) is 0.444. The van der Waals surface area contributed by atoms with E-state index in [2.05, 4.69) is 23.4 Å². The summed E-state index contributed by atoms with van der Waals surface area (Å²) < 4.78 is 13.1. The number of hydrogen-bond acceptors (Lipinski definition) is 4. The monoisotopic (exact) mass is 329 g/mol. The maximum absolute atomic E-state index is 12.5. The number of rotatable bonds is 5. The van der Waals surface area contributed by atoms with Gasteiger partial charge in [-0.1, -0.05) is 13.0 Å². The van der Waals surface area contributed by atoms with Crippen LogP contribution in [-0.4, -0.2) is 35.4 Å². The third-order valence-electron chi connectivity index (χ3n) is 4.01. The molecule has 0 unspecified atom stereocenters. The number of ether oxygens (including phenoxy) is 2. The average molecular weight is 329 g/mol. The van der Waals surface area contributed by atoms with Crippen molar-refractivity contribution in [1.29, 1.82) is 0 Å². The fourth-order valence-electron chi connectivity index (χ4n) is 2.83. The molecule has 2 aromatic rings. The van der Waals surface area contributed by atoms with Gasteiger partial charge in [0.2, 0.25) is 0 Å². The van der Waals surface area contributed by atoms with Gasteiger partial charge >= 0.3 is 0 Å². The zero-order valence-corrected chi connectivity index (χ0v) is 14.3. The minimum Gasteiger partial charge on any atom is -0.486 e. The van der Waals surface area contributed by atoms with Gasteiger partial charge < -0.3 is 14.8 Å². The van der Waals surface area contributed by atoms with Gasteiger partial charge in [-0.3, -0.25) is 9.48 Å². The molecule has 3 rings (SSSR count). The summed E-state index contributed by atoms with van der Waals surface area (Å²) in [5.74, 6) is 1.29. The molecule has 6 nitrogen and oxygen atoms in total. The first kappa shape index (κ1) is 16.4. The smallest absolute Gasteiger partial charge is 0.255 e. The number of benzene rings is 1. The van der Waals surface area contributed by atoms with Gasteiger partial charge in [-0.05, 0) is 38.0 Å². The molecule has 0 saturated heterocycles. The topological polar surface area (TPSA) is 65.4 Å². The molecule has 0 aliphatic carbocycles. The summed E-state index contributed by atoms with van der Waals surface area (Å²) in [6.07, 6.45) is 0. The predicted octanol–water partition coefficient (Wildman–Crippen LogP) is 2.34. The number of fused-ring (bicyclic) bond motifs is 1. The van der Waals surface area contributed by atoms with Crippen LogP contribution in [0.2, 0.25) is 0 Å². The Morgan fingerprint density at radius 3 is 2.88 bits per heavy atom. The van der Waals surface area contributed by atoms with Crippen LogP contribution in [0.5, 0.6) is 11.5 Å². The van der Waals surface area contributed by atoms with Crippen LogP contribution in [0.1, 0.15) is 28.7 Å². The number of para-hydroxylation sites is 1. The minimum absolute atomic E-state index is 0.141. The molecule has 0 radical (unpaired) electrons. The van der Waals surface area contributed by atoms with Crippen molar-refractivity contribution in [3.05, 3.63) is 41.2 Å². The van der Waals surface area contributed by atoms with Crippen molar-refractivity contribution in [3.63, 3.8) is 0 Å². The molecule has 0 fully saturated rings. The van der Waals surface area contributed by atoms with Crippen LogP contribution in [0.15, 0.2) is 24.3 Å². The van der Waals surface area contributed by atoms with Gasteiger partial charge in [0.05, 0.1) is 11.3 Å². The van der Waals surface area contributed by atoms with E-state index in [4.69, 9.17) is 9.47 Å². The highest BCUT2D eigenvalue weighted by Crippen LogP contribution is 2.33. The summed E-state index contributed by atoms with van der Waals surface area (Å²) >= 11 is 0. The maximum Gasteiger partial charge on any atom is 0.255 e. The Balaban J connectivity index is 1.60. The van der Waals surface area contributed by atoms with E-state index >= 15 is 0 Å². The van der Waals surface area contributed by atoms with E-state index in [1.807, 2.05) is 30.7 Å². The third kappa shape index (κ3) is 3.53. The molecule has 2 heterocycles. The van der Waals surface area contributed by atoms with Crippen LogP contribution < -0.4 is 14.8 Å². The van der Waals surface area contributed by atoms with Crippen molar-refractivity contribution in [1.82, 2.24) is 15.1 Å². The first-order valence-electron chi connectivity index (χ1n) is 8.22. The Kier molecular flexibility index (Phi) is 4.74. The molecule has 6 heteroatoms. The molecule has 24 heavy (non-hydrogen) atoms. The van der Waals surface area contributed by atoms with Gasteiger partial charge in [0.15, 0.2) is 11.5 Å². The van der Waals surface area contributed by atoms with Crippen LogP contribution in [0.4, 0.5) is 0 Å². The van der Waals surface area contributed by atoms with E-state index in [0.717, 1.165) is 17.9 Å². The van der Waals surface area contributed by atoms with Gasteiger partial charge in [-0.15, -0.1) is 0 Å². The number of nitrogens with zero attached hydrogens (tertiary/aromatic N) is 2. The number of aryl methyl sites for hydroxylation is 2. The van der Waals surface area contributed by atoms with E-state index < -0.39 is 0 Å². The van der Waals surface area contributed by atoms with Crippen LogP contribution in [0.3, 0.4) is 0 Å². The summed E-state index contributed by atoms with van der Waals surface area (Å²) in [5.41, 5.74) is 2.66. The normalized spacial score (nSPS) is 14.3. The van der Waals surface area contributed by atoms with Gasteiger partial charge in [0.25, 0.3) is 5.91 Å². The highest BCUT2D eigenvalue weighted by Gasteiger charge is 2.20. The Hall–Kier alpha value is -2.50. The van der Waals surface area contributed by atoms with Crippen molar-refractivity contribution < 1.29 is 14.3 Å². The summed E-state index contributed by atoms with van der Waals surface area (Å²) in [6.45, 7) is 8.43.